The van der Waals surface area contributed by atoms with Crippen molar-refractivity contribution in [3.8, 4) is 11.4 Å². The summed E-state index contributed by atoms with van der Waals surface area (Å²) in [5.74, 6) is 0.872. The van der Waals surface area contributed by atoms with Gasteiger partial charge < -0.3 is 9.78 Å². The Labute approximate surface area is 88.2 Å². The first-order valence-electron chi connectivity index (χ1n) is 4.92. The number of carbonyl (C=O) groups is 1. The minimum absolute atomic E-state index is 0.583. The third-order valence-electron chi connectivity index (χ3n) is 2.28. The second-order valence-corrected chi connectivity index (χ2v) is 3.34. The number of benzene rings is 1. The van der Waals surface area contributed by atoms with Gasteiger partial charge in [-0.15, -0.1) is 0 Å². The first-order chi connectivity index (χ1) is 7.40. The molecule has 1 aromatic heterocycles. The van der Waals surface area contributed by atoms with Crippen LogP contribution in [0.5, 0.6) is 0 Å². The van der Waals surface area contributed by atoms with Crippen LogP contribution in [0.3, 0.4) is 0 Å². The van der Waals surface area contributed by atoms with E-state index in [1.165, 1.54) is 5.56 Å². The van der Waals surface area contributed by atoms with Gasteiger partial charge in [-0.05, 0) is 12.0 Å². The average Bonchev–Trinajstić information content (AvgIpc) is 2.80. The van der Waals surface area contributed by atoms with Gasteiger partial charge in [0.05, 0.1) is 0 Å². The van der Waals surface area contributed by atoms with Gasteiger partial charge in [0, 0.05) is 24.4 Å². The molecular formula is C12H12N2O. The Morgan fingerprint density at radius 3 is 2.67 bits per heavy atom. The molecule has 2 rings (SSSR count). The van der Waals surface area contributed by atoms with E-state index in [1.54, 1.807) is 12.4 Å². The van der Waals surface area contributed by atoms with Crippen LogP contribution in [0.1, 0.15) is 12.0 Å². The molecule has 0 aliphatic heterocycles. The van der Waals surface area contributed by atoms with Crippen molar-refractivity contribution >= 4 is 6.29 Å². The molecule has 1 aromatic carbocycles. The lowest BCUT2D eigenvalue weighted by molar-refractivity contribution is -0.107. The summed E-state index contributed by atoms with van der Waals surface area (Å²) < 4.78 is 0. The van der Waals surface area contributed by atoms with Crippen molar-refractivity contribution in [1.82, 2.24) is 9.97 Å². The molecule has 0 bridgehead atoms. The van der Waals surface area contributed by atoms with Gasteiger partial charge in [0.2, 0.25) is 0 Å². The summed E-state index contributed by atoms with van der Waals surface area (Å²) in [6.45, 7) is 0. The quantitative estimate of drug-likeness (QED) is 0.769. The maximum atomic E-state index is 10.2. The Hall–Kier alpha value is -1.90. The van der Waals surface area contributed by atoms with Gasteiger partial charge in [0.1, 0.15) is 12.1 Å². The average molecular weight is 200 g/mol. The van der Waals surface area contributed by atoms with Crippen LogP contribution in [0.4, 0.5) is 0 Å². The van der Waals surface area contributed by atoms with E-state index in [0.717, 1.165) is 24.1 Å². The van der Waals surface area contributed by atoms with E-state index >= 15 is 0 Å². The Bertz CT molecular complexity index is 417. The molecule has 0 aliphatic rings. The van der Waals surface area contributed by atoms with Gasteiger partial charge in [-0.2, -0.15) is 0 Å². The lowest BCUT2D eigenvalue weighted by Gasteiger charge is -2.00. The summed E-state index contributed by atoms with van der Waals surface area (Å²) in [5, 5.41) is 0. The lowest BCUT2D eigenvalue weighted by Crippen LogP contribution is -1.86. The van der Waals surface area contributed by atoms with E-state index in [0.29, 0.717) is 6.42 Å². The summed E-state index contributed by atoms with van der Waals surface area (Å²) in [6, 6.07) is 8.08. The fourth-order valence-electron chi connectivity index (χ4n) is 1.48. The van der Waals surface area contributed by atoms with Gasteiger partial charge in [-0.3, -0.25) is 0 Å². The Morgan fingerprint density at radius 2 is 2.07 bits per heavy atom. The summed E-state index contributed by atoms with van der Waals surface area (Å²) in [6.07, 6.45) is 5.87. The molecule has 0 amide bonds. The third-order valence-corrected chi connectivity index (χ3v) is 2.28. The molecule has 0 radical (unpaired) electrons. The highest BCUT2D eigenvalue weighted by atomic mass is 16.1. The number of aromatic amines is 1. The van der Waals surface area contributed by atoms with E-state index < -0.39 is 0 Å². The maximum absolute atomic E-state index is 10.2. The summed E-state index contributed by atoms with van der Waals surface area (Å²) >= 11 is 0. The van der Waals surface area contributed by atoms with Crippen molar-refractivity contribution in [2.45, 2.75) is 12.8 Å². The predicted molar refractivity (Wildman–Crippen MR) is 58.4 cm³/mol. The Kier molecular flexibility index (Phi) is 2.93. The molecule has 3 heteroatoms. The predicted octanol–water partition coefficient (Wildman–Crippen LogP) is 2.21. The van der Waals surface area contributed by atoms with Crippen molar-refractivity contribution in [3.63, 3.8) is 0 Å². The number of rotatable bonds is 4. The van der Waals surface area contributed by atoms with Crippen molar-refractivity contribution in [2.24, 2.45) is 0 Å². The number of nitrogens with one attached hydrogen (secondary N) is 1. The number of H-pyrrole nitrogens is 1. The van der Waals surface area contributed by atoms with Gasteiger partial charge >= 0.3 is 0 Å². The minimum Gasteiger partial charge on any atom is -0.345 e. The first-order valence-corrected chi connectivity index (χ1v) is 4.92. The zero-order valence-electron chi connectivity index (χ0n) is 8.31. The van der Waals surface area contributed by atoms with Crippen LogP contribution in [-0.4, -0.2) is 16.3 Å². The number of hydrogen-bond donors (Lipinski definition) is 1. The zero-order chi connectivity index (χ0) is 10.5. The first kappa shape index (κ1) is 9.65. The highest BCUT2D eigenvalue weighted by Crippen LogP contribution is 2.15. The van der Waals surface area contributed by atoms with E-state index in [2.05, 4.69) is 9.97 Å². The molecule has 0 unspecified atom stereocenters. The number of carbonyl (C=O) groups excluding carboxylic acids is 1. The topological polar surface area (TPSA) is 45.8 Å². The molecule has 0 saturated heterocycles. The standard InChI is InChI=1S/C12H12N2O/c15-9-1-2-10-3-5-11(6-4-10)12-13-7-8-14-12/h3-9H,1-2H2,(H,13,14). The minimum atomic E-state index is 0.583. The summed E-state index contributed by atoms with van der Waals surface area (Å²) in [4.78, 5) is 17.4. The van der Waals surface area contributed by atoms with Crippen molar-refractivity contribution in [2.75, 3.05) is 0 Å². The molecule has 1 N–H and O–H groups in total. The largest absolute Gasteiger partial charge is 0.345 e. The normalized spacial score (nSPS) is 10.1. The van der Waals surface area contributed by atoms with Crippen LogP contribution in [0.2, 0.25) is 0 Å². The third kappa shape index (κ3) is 2.31. The van der Waals surface area contributed by atoms with Crippen LogP contribution in [0.25, 0.3) is 11.4 Å². The van der Waals surface area contributed by atoms with Crippen molar-refractivity contribution < 1.29 is 4.79 Å². The SMILES string of the molecule is O=CCCc1ccc(-c2ncc[nH]2)cc1. The molecule has 0 saturated carbocycles. The molecule has 0 atom stereocenters. The van der Waals surface area contributed by atoms with Crippen LogP contribution in [-0.2, 0) is 11.2 Å². The molecule has 3 nitrogen and oxygen atoms in total. The molecule has 2 aromatic rings. The molecule has 0 aliphatic carbocycles. The summed E-state index contributed by atoms with van der Waals surface area (Å²) in [5.41, 5.74) is 2.24. The summed E-state index contributed by atoms with van der Waals surface area (Å²) in [7, 11) is 0. The van der Waals surface area contributed by atoms with E-state index in [4.69, 9.17) is 0 Å². The second-order valence-electron chi connectivity index (χ2n) is 3.34. The zero-order valence-corrected chi connectivity index (χ0v) is 8.31. The smallest absolute Gasteiger partial charge is 0.137 e. The lowest BCUT2D eigenvalue weighted by atomic mass is 10.1. The molecule has 0 spiro atoms. The van der Waals surface area contributed by atoms with E-state index in [9.17, 15) is 4.79 Å². The monoisotopic (exact) mass is 200 g/mol. The van der Waals surface area contributed by atoms with Gasteiger partial charge in [-0.25, -0.2) is 4.98 Å². The molecule has 0 fully saturated rings. The van der Waals surface area contributed by atoms with Crippen molar-refractivity contribution in [1.29, 1.82) is 0 Å². The number of aldehydes is 1. The Morgan fingerprint density at radius 1 is 1.27 bits per heavy atom. The highest BCUT2D eigenvalue weighted by Gasteiger charge is 1.99. The fraction of sp³-hybridized carbons (Fsp3) is 0.167. The van der Waals surface area contributed by atoms with Crippen LogP contribution in [0.15, 0.2) is 36.7 Å². The van der Waals surface area contributed by atoms with Crippen LogP contribution < -0.4 is 0 Å². The maximum Gasteiger partial charge on any atom is 0.137 e. The van der Waals surface area contributed by atoms with Crippen LogP contribution >= 0.6 is 0 Å². The number of hydrogen-bond acceptors (Lipinski definition) is 2. The van der Waals surface area contributed by atoms with E-state index in [-0.39, 0.29) is 0 Å². The molecule has 15 heavy (non-hydrogen) atoms. The number of aromatic nitrogens is 2. The molecule has 76 valence electrons. The molecular weight excluding hydrogens is 188 g/mol. The van der Waals surface area contributed by atoms with Crippen molar-refractivity contribution in [3.05, 3.63) is 42.2 Å². The Balaban J connectivity index is 2.14. The second kappa shape index (κ2) is 4.55. The van der Waals surface area contributed by atoms with Gasteiger partial charge in [0.15, 0.2) is 0 Å². The number of aryl methyl sites for hydroxylation is 1. The van der Waals surface area contributed by atoms with Crippen LogP contribution in [0, 0.1) is 0 Å². The molecule has 1 heterocycles. The van der Waals surface area contributed by atoms with Gasteiger partial charge in [-0.1, -0.05) is 24.3 Å². The van der Waals surface area contributed by atoms with Gasteiger partial charge in [0.25, 0.3) is 0 Å². The van der Waals surface area contributed by atoms with E-state index in [1.807, 2.05) is 24.3 Å². The fourth-order valence-corrected chi connectivity index (χ4v) is 1.48. The number of imidazole rings is 1. The highest BCUT2D eigenvalue weighted by molar-refractivity contribution is 5.55. The number of nitrogens with zero attached hydrogens (tertiary/aromatic N) is 1.